The zero-order valence-corrected chi connectivity index (χ0v) is 12.9. The monoisotopic (exact) mass is 283 g/mol. The molecule has 0 radical (unpaired) electrons. The van der Waals surface area contributed by atoms with Crippen molar-refractivity contribution in [1.29, 1.82) is 0 Å². The molecule has 0 spiro atoms. The Balaban J connectivity index is 1.80. The summed E-state index contributed by atoms with van der Waals surface area (Å²) in [6, 6.07) is 6.89. The standard InChI is InChI=1S/C18H25N3/c1-2-12-4-3-5-15(10-12)21-17-9-8-14(19)11-16(17)20-18(21)13-6-7-13/h8-9,11-13,15H,2-7,10,19H2,1H3. The molecule has 112 valence electrons. The molecule has 4 rings (SSSR count). The molecule has 2 aliphatic carbocycles. The Morgan fingerprint density at radius 3 is 2.86 bits per heavy atom. The van der Waals surface area contributed by atoms with Crippen molar-refractivity contribution in [2.75, 3.05) is 5.73 Å². The number of hydrogen-bond donors (Lipinski definition) is 1. The topological polar surface area (TPSA) is 43.8 Å². The molecule has 0 bridgehead atoms. The molecule has 2 saturated carbocycles. The number of fused-ring (bicyclic) bond motifs is 1. The van der Waals surface area contributed by atoms with Crippen LogP contribution in [0.1, 0.15) is 69.7 Å². The van der Waals surface area contributed by atoms with Gasteiger partial charge in [0.25, 0.3) is 0 Å². The maximum Gasteiger partial charge on any atom is 0.113 e. The Bertz CT molecular complexity index is 654. The molecule has 1 aromatic heterocycles. The van der Waals surface area contributed by atoms with Crippen molar-refractivity contribution < 1.29 is 0 Å². The van der Waals surface area contributed by atoms with Gasteiger partial charge in [-0.15, -0.1) is 0 Å². The molecule has 2 unspecified atom stereocenters. The van der Waals surface area contributed by atoms with Gasteiger partial charge in [0.2, 0.25) is 0 Å². The zero-order valence-electron chi connectivity index (χ0n) is 12.9. The average Bonchev–Trinajstić information content (AvgIpc) is 3.28. The summed E-state index contributed by atoms with van der Waals surface area (Å²) >= 11 is 0. The smallest absolute Gasteiger partial charge is 0.113 e. The molecule has 0 saturated heterocycles. The maximum atomic E-state index is 5.95. The first-order valence-corrected chi connectivity index (χ1v) is 8.53. The summed E-state index contributed by atoms with van der Waals surface area (Å²) in [7, 11) is 0. The SMILES string of the molecule is CCC1CCCC(n2c(C3CC3)nc3cc(N)ccc32)C1. The van der Waals surface area contributed by atoms with E-state index in [1.165, 1.54) is 56.3 Å². The third-order valence-corrected chi connectivity index (χ3v) is 5.38. The van der Waals surface area contributed by atoms with E-state index in [9.17, 15) is 0 Å². The van der Waals surface area contributed by atoms with Gasteiger partial charge in [-0.1, -0.05) is 26.2 Å². The van der Waals surface area contributed by atoms with Crippen LogP contribution >= 0.6 is 0 Å². The lowest BCUT2D eigenvalue weighted by Crippen LogP contribution is -2.20. The average molecular weight is 283 g/mol. The molecule has 2 N–H and O–H groups in total. The highest BCUT2D eigenvalue weighted by atomic mass is 15.1. The fraction of sp³-hybridized carbons (Fsp3) is 0.611. The predicted molar refractivity (Wildman–Crippen MR) is 87.4 cm³/mol. The molecule has 2 atom stereocenters. The summed E-state index contributed by atoms with van der Waals surface area (Å²) in [6.45, 7) is 2.33. The molecule has 0 amide bonds. The Morgan fingerprint density at radius 2 is 2.10 bits per heavy atom. The van der Waals surface area contributed by atoms with Crippen LogP contribution < -0.4 is 5.73 Å². The van der Waals surface area contributed by atoms with Gasteiger partial charge in [-0.05, 0) is 49.8 Å². The Morgan fingerprint density at radius 1 is 1.24 bits per heavy atom. The van der Waals surface area contributed by atoms with E-state index in [0.717, 1.165) is 17.1 Å². The van der Waals surface area contributed by atoms with Gasteiger partial charge >= 0.3 is 0 Å². The fourth-order valence-electron chi connectivity index (χ4n) is 4.02. The molecule has 0 aliphatic heterocycles. The van der Waals surface area contributed by atoms with Crippen LogP contribution in [0.5, 0.6) is 0 Å². The Hall–Kier alpha value is -1.51. The summed E-state index contributed by atoms with van der Waals surface area (Å²) in [5, 5.41) is 0. The van der Waals surface area contributed by atoms with Crippen molar-refractivity contribution in [1.82, 2.24) is 9.55 Å². The third-order valence-electron chi connectivity index (χ3n) is 5.38. The van der Waals surface area contributed by atoms with E-state index in [0.29, 0.717) is 12.0 Å². The van der Waals surface area contributed by atoms with Crippen molar-refractivity contribution >= 4 is 16.7 Å². The van der Waals surface area contributed by atoms with Crippen LogP contribution in [-0.2, 0) is 0 Å². The number of anilines is 1. The van der Waals surface area contributed by atoms with Crippen molar-refractivity contribution in [2.24, 2.45) is 5.92 Å². The molecular formula is C18H25N3. The number of nitrogens with zero attached hydrogens (tertiary/aromatic N) is 2. The van der Waals surface area contributed by atoms with Crippen LogP contribution in [0.4, 0.5) is 5.69 Å². The van der Waals surface area contributed by atoms with E-state index >= 15 is 0 Å². The molecule has 3 heteroatoms. The van der Waals surface area contributed by atoms with Crippen LogP contribution in [-0.4, -0.2) is 9.55 Å². The van der Waals surface area contributed by atoms with Crippen LogP contribution in [0, 0.1) is 5.92 Å². The van der Waals surface area contributed by atoms with Crippen molar-refractivity contribution in [3.63, 3.8) is 0 Å². The number of hydrogen-bond acceptors (Lipinski definition) is 2. The first-order valence-electron chi connectivity index (χ1n) is 8.53. The van der Waals surface area contributed by atoms with Gasteiger partial charge in [0.05, 0.1) is 11.0 Å². The summed E-state index contributed by atoms with van der Waals surface area (Å²) in [5.74, 6) is 2.92. The fourth-order valence-corrected chi connectivity index (χ4v) is 4.02. The van der Waals surface area contributed by atoms with E-state index in [1.807, 2.05) is 12.1 Å². The van der Waals surface area contributed by atoms with Gasteiger partial charge in [0, 0.05) is 17.6 Å². The second-order valence-electron chi connectivity index (χ2n) is 6.96. The van der Waals surface area contributed by atoms with Gasteiger partial charge in [-0.2, -0.15) is 0 Å². The highest BCUT2D eigenvalue weighted by molar-refractivity contribution is 5.80. The molecule has 2 aliphatic rings. The number of imidazole rings is 1. The minimum absolute atomic E-state index is 0.646. The molecular weight excluding hydrogens is 258 g/mol. The van der Waals surface area contributed by atoms with Crippen molar-refractivity contribution in [3.8, 4) is 0 Å². The van der Waals surface area contributed by atoms with E-state index in [2.05, 4.69) is 17.6 Å². The molecule has 2 aromatic rings. The first kappa shape index (κ1) is 13.2. The maximum absolute atomic E-state index is 5.95. The predicted octanol–water partition coefficient (Wildman–Crippen LogP) is 4.64. The summed E-state index contributed by atoms with van der Waals surface area (Å²) < 4.78 is 2.58. The van der Waals surface area contributed by atoms with Gasteiger partial charge in [0.1, 0.15) is 5.82 Å². The summed E-state index contributed by atoms with van der Waals surface area (Å²) in [5.41, 5.74) is 9.16. The molecule has 2 fully saturated rings. The van der Waals surface area contributed by atoms with Crippen LogP contribution in [0.25, 0.3) is 11.0 Å². The van der Waals surface area contributed by atoms with Gasteiger partial charge < -0.3 is 10.3 Å². The summed E-state index contributed by atoms with van der Waals surface area (Å²) in [4.78, 5) is 4.94. The highest BCUT2D eigenvalue weighted by Gasteiger charge is 2.33. The van der Waals surface area contributed by atoms with Gasteiger partial charge in [0.15, 0.2) is 0 Å². The van der Waals surface area contributed by atoms with Gasteiger partial charge in [-0.3, -0.25) is 0 Å². The van der Waals surface area contributed by atoms with Crippen molar-refractivity contribution in [3.05, 3.63) is 24.0 Å². The quantitative estimate of drug-likeness (QED) is 0.834. The lowest BCUT2D eigenvalue weighted by atomic mass is 9.84. The number of rotatable bonds is 3. The second kappa shape index (κ2) is 5.04. The number of nitrogens with two attached hydrogens (primary N) is 1. The van der Waals surface area contributed by atoms with Crippen LogP contribution in [0.2, 0.25) is 0 Å². The Labute approximate surface area is 126 Å². The van der Waals surface area contributed by atoms with E-state index in [-0.39, 0.29) is 0 Å². The van der Waals surface area contributed by atoms with Crippen molar-refractivity contribution in [2.45, 2.75) is 63.8 Å². The summed E-state index contributed by atoms with van der Waals surface area (Å²) in [6.07, 6.45) is 9.34. The van der Waals surface area contributed by atoms with Crippen LogP contribution in [0.3, 0.4) is 0 Å². The molecule has 21 heavy (non-hydrogen) atoms. The first-order chi connectivity index (χ1) is 10.3. The third kappa shape index (κ3) is 2.33. The lowest BCUT2D eigenvalue weighted by molar-refractivity contribution is 0.261. The number of benzene rings is 1. The van der Waals surface area contributed by atoms with Crippen LogP contribution in [0.15, 0.2) is 18.2 Å². The minimum atomic E-state index is 0.646. The van der Waals surface area contributed by atoms with Gasteiger partial charge in [-0.25, -0.2) is 4.98 Å². The molecule has 1 heterocycles. The van der Waals surface area contributed by atoms with E-state index < -0.39 is 0 Å². The molecule has 1 aromatic carbocycles. The van der Waals surface area contributed by atoms with E-state index in [1.54, 1.807) is 0 Å². The number of nitrogen functional groups attached to an aromatic ring is 1. The zero-order chi connectivity index (χ0) is 14.4. The lowest BCUT2D eigenvalue weighted by Gasteiger charge is -2.31. The minimum Gasteiger partial charge on any atom is -0.399 e. The number of aromatic nitrogens is 2. The highest BCUT2D eigenvalue weighted by Crippen LogP contribution is 2.44. The Kier molecular flexibility index (Phi) is 3.16. The second-order valence-corrected chi connectivity index (χ2v) is 6.96. The van der Waals surface area contributed by atoms with E-state index in [4.69, 9.17) is 10.7 Å². The normalized spacial score (nSPS) is 26.3. The largest absolute Gasteiger partial charge is 0.399 e. The molecule has 3 nitrogen and oxygen atoms in total.